The Labute approximate surface area is 128 Å². The molecule has 7 nitrogen and oxygen atoms in total. The molecule has 118 valence electrons. The van der Waals surface area contributed by atoms with Crippen molar-refractivity contribution in [2.24, 2.45) is 9.98 Å². The first kappa shape index (κ1) is 16.0. The number of aliphatic imine (C=N–C) groups is 2. The van der Waals surface area contributed by atoms with Gasteiger partial charge >= 0.3 is 0 Å². The number of nitrogens with zero attached hydrogens (tertiary/aromatic N) is 6. The Balaban J connectivity index is 2.35. The zero-order valence-corrected chi connectivity index (χ0v) is 12.8. The Bertz CT molecular complexity index is 615. The predicted octanol–water partition coefficient (Wildman–Crippen LogP) is 1.45. The van der Waals surface area contributed by atoms with Crippen molar-refractivity contribution in [1.82, 2.24) is 14.9 Å². The van der Waals surface area contributed by atoms with Crippen molar-refractivity contribution >= 4 is 30.4 Å². The number of hydrogen-bond donors (Lipinski definition) is 1. The molecular weight excluding hydrogens is 287 g/mol. The molecule has 0 aliphatic heterocycles. The van der Waals surface area contributed by atoms with E-state index in [2.05, 4.69) is 26.7 Å². The standard InChI is InChI=1S/C14H19FN6O/c1-16-12-13(19-8-20(2)3)17-7-18-14(12)21(4)9-5-10(15)11(22)6-9/h5,7-9,11,22H,1,6H2,2-4H3/b19-8-/t9-,11-/m1/s1. The fraction of sp³-hybridized carbons (Fsp3) is 0.429. The van der Waals surface area contributed by atoms with E-state index < -0.39 is 11.9 Å². The third-order valence-corrected chi connectivity index (χ3v) is 3.32. The second-order valence-electron chi connectivity index (χ2n) is 5.22. The lowest BCUT2D eigenvalue weighted by molar-refractivity contribution is 0.182. The maximum Gasteiger partial charge on any atom is 0.184 e. The minimum Gasteiger partial charge on any atom is -0.386 e. The summed E-state index contributed by atoms with van der Waals surface area (Å²) < 4.78 is 13.4. The number of halogens is 1. The van der Waals surface area contributed by atoms with Crippen LogP contribution in [-0.2, 0) is 0 Å². The number of rotatable bonds is 5. The quantitative estimate of drug-likeness (QED) is 0.658. The summed E-state index contributed by atoms with van der Waals surface area (Å²) in [5, 5.41) is 9.52. The van der Waals surface area contributed by atoms with Gasteiger partial charge in [0.2, 0.25) is 0 Å². The van der Waals surface area contributed by atoms with Gasteiger partial charge in [0.05, 0.1) is 12.4 Å². The zero-order chi connectivity index (χ0) is 16.3. The van der Waals surface area contributed by atoms with Gasteiger partial charge in [-0.3, -0.25) is 4.99 Å². The molecule has 0 bridgehead atoms. The van der Waals surface area contributed by atoms with Crippen LogP contribution in [-0.4, -0.2) is 66.3 Å². The monoisotopic (exact) mass is 306 g/mol. The van der Waals surface area contributed by atoms with Crippen LogP contribution in [0.4, 0.5) is 21.7 Å². The third kappa shape index (κ3) is 3.28. The van der Waals surface area contributed by atoms with Gasteiger partial charge in [0.15, 0.2) is 11.6 Å². The molecule has 0 fully saturated rings. The lowest BCUT2D eigenvalue weighted by Gasteiger charge is -2.25. The first-order chi connectivity index (χ1) is 10.4. The molecule has 1 aliphatic rings. The molecule has 0 unspecified atom stereocenters. The first-order valence-corrected chi connectivity index (χ1v) is 6.74. The lowest BCUT2D eigenvalue weighted by Crippen LogP contribution is -2.30. The number of aliphatic hydroxyl groups excluding tert-OH is 1. The minimum absolute atomic E-state index is 0.263. The number of aliphatic hydroxyl groups is 1. The molecule has 0 amide bonds. The molecule has 1 aromatic heterocycles. The molecule has 0 spiro atoms. The molecular formula is C14H19FN6O. The summed E-state index contributed by atoms with van der Waals surface area (Å²) in [7, 11) is 5.43. The van der Waals surface area contributed by atoms with Crippen LogP contribution in [0.3, 0.4) is 0 Å². The Kier molecular flexibility index (Phi) is 4.81. The Morgan fingerprint density at radius 3 is 2.68 bits per heavy atom. The summed E-state index contributed by atoms with van der Waals surface area (Å²) in [6, 6.07) is -0.309. The Hall–Kier alpha value is -2.35. The van der Waals surface area contributed by atoms with Crippen molar-refractivity contribution in [3.05, 3.63) is 18.2 Å². The minimum atomic E-state index is -1.07. The van der Waals surface area contributed by atoms with Gasteiger partial charge in [-0.1, -0.05) is 0 Å². The van der Waals surface area contributed by atoms with E-state index in [-0.39, 0.29) is 12.5 Å². The predicted molar refractivity (Wildman–Crippen MR) is 85.1 cm³/mol. The molecule has 1 aliphatic carbocycles. The fourth-order valence-electron chi connectivity index (χ4n) is 2.16. The Morgan fingerprint density at radius 1 is 1.41 bits per heavy atom. The van der Waals surface area contributed by atoms with Gasteiger partial charge in [0, 0.05) is 27.6 Å². The summed E-state index contributed by atoms with van der Waals surface area (Å²) in [5.74, 6) is 0.340. The molecule has 0 aromatic carbocycles. The molecule has 2 atom stereocenters. The smallest absolute Gasteiger partial charge is 0.184 e. The SMILES string of the molecule is C=Nc1c(/N=C\N(C)C)ncnc1N(C)[C@@H]1C=C(F)[C@H](O)C1. The molecule has 1 heterocycles. The summed E-state index contributed by atoms with van der Waals surface area (Å²) in [5.41, 5.74) is 0.415. The molecule has 8 heteroatoms. The van der Waals surface area contributed by atoms with Crippen molar-refractivity contribution < 1.29 is 9.50 Å². The van der Waals surface area contributed by atoms with Crippen molar-refractivity contribution in [2.45, 2.75) is 18.6 Å². The van der Waals surface area contributed by atoms with E-state index in [4.69, 9.17) is 0 Å². The summed E-state index contributed by atoms with van der Waals surface area (Å²) >= 11 is 0. The number of likely N-dealkylation sites (N-methyl/N-ethyl adjacent to an activating group) is 1. The molecule has 0 radical (unpaired) electrons. The second-order valence-corrected chi connectivity index (χ2v) is 5.22. The van der Waals surface area contributed by atoms with Gasteiger partial charge < -0.3 is 14.9 Å². The maximum atomic E-state index is 13.4. The highest BCUT2D eigenvalue weighted by Crippen LogP contribution is 2.36. The third-order valence-electron chi connectivity index (χ3n) is 3.32. The van der Waals surface area contributed by atoms with Crippen LogP contribution in [0.15, 0.2) is 28.2 Å². The highest BCUT2D eigenvalue weighted by atomic mass is 19.1. The highest BCUT2D eigenvalue weighted by molar-refractivity contribution is 5.77. The normalized spacial score (nSPS) is 21.0. The van der Waals surface area contributed by atoms with Crippen molar-refractivity contribution in [1.29, 1.82) is 0 Å². The maximum absolute atomic E-state index is 13.4. The van der Waals surface area contributed by atoms with E-state index in [0.717, 1.165) is 0 Å². The van der Waals surface area contributed by atoms with Crippen molar-refractivity contribution in [2.75, 3.05) is 26.0 Å². The van der Waals surface area contributed by atoms with E-state index in [0.29, 0.717) is 17.3 Å². The van der Waals surface area contributed by atoms with Gasteiger partial charge in [0.25, 0.3) is 0 Å². The average molecular weight is 306 g/mol. The molecule has 2 rings (SSSR count). The van der Waals surface area contributed by atoms with Gasteiger partial charge in [0.1, 0.15) is 23.9 Å². The van der Waals surface area contributed by atoms with Crippen LogP contribution < -0.4 is 4.90 Å². The van der Waals surface area contributed by atoms with Crippen LogP contribution in [0.1, 0.15) is 6.42 Å². The van der Waals surface area contributed by atoms with Crippen molar-refractivity contribution in [3.8, 4) is 0 Å². The second kappa shape index (κ2) is 6.61. The van der Waals surface area contributed by atoms with E-state index in [1.165, 1.54) is 12.4 Å². The molecule has 1 N–H and O–H groups in total. The molecule has 0 saturated carbocycles. The topological polar surface area (TPSA) is 77.2 Å². The van der Waals surface area contributed by atoms with E-state index in [1.54, 1.807) is 23.2 Å². The van der Waals surface area contributed by atoms with Gasteiger partial charge in [-0.25, -0.2) is 19.4 Å². The number of anilines is 1. The molecule has 1 aromatic rings. The van der Waals surface area contributed by atoms with Gasteiger partial charge in [-0.15, -0.1) is 0 Å². The summed E-state index contributed by atoms with van der Waals surface area (Å²) in [6.45, 7) is 3.54. The van der Waals surface area contributed by atoms with Crippen LogP contribution in [0.25, 0.3) is 0 Å². The van der Waals surface area contributed by atoms with E-state index in [9.17, 15) is 9.50 Å². The lowest BCUT2D eigenvalue weighted by atomic mass is 10.2. The fourth-order valence-corrected chi connectivity index (χ4v) is 2.16. The largest absolute Gasteiger partial charge is 0.386 e. The van der Waals surface area contributed by atoms with Crippen LogP contribution in [0.5, 0.6) is 0 Å². The van der Waals surface area contributed by atoms with Crippen molar-refractivity contribution in [3.63, 3.8) is 0 Å². The summed E-state index contributed by atoms with van der Waals surface area (Å²) in [6.07, 6.45) is 3.54. The van der Waals surface area contributed by atoms with Gasteiger partial charge in [-0.2, -0.15) is 0 Å². The molecule has 22 heavy (non-hydrogen) atoms. The van der Waals surface area contributed by atoms with Gasteiger partial charge in [-0.05, 0) is 12.8 Å². The highest BCUT2D eigenvalue weighted by Gasteiger charge is 2.29. The van der Waals surface area contributed by atoms with Crippen LogP contribution in [0, 0.1) is 0 Å². The van der Waals surface area contributed by atoms with E-state index >= 15 is 0 Å². The number of aromatic nitrogens is 2. The number of hydrogen-bond acceptors (Lipinski definition) is 6. The first-order valence-electron chi connectivity index (χ1n) is 6.74. The Morgan fingerprint density at radius 2 is 2.14 bits per heavy atom. The van der Waals surface area contributed by atoms with Crippen LogP contribution in [0.2, 0.25) is 0 Å². The molecule has 0 saturated heterocycles. The zero-order valence-electron chi connectivity index (χ0n) is 12.8. The summed E-state index contributed by atoms with van der Waals surface area (Å²) in [4.78, 5) is 20.0. The van der Waals surface area contributed by atoms with E-state index in [1.807, 2.05) is 14.1 Å². The van der Waals surface area contributed by atoms with Crippen LogP contribution >= 0.6 is 0 Å². The average Bonchev–Trinajstić information content (AvgIpc) is 2.83.